The Balaban J connectivity index is 1.75. The number of H-pyrrole nitrogens is 1. The summed E-state index contributed by atoms with van der Waals surface area (Å²) in [5, 5.41) is 1.15. The van der Waals surface area contributed by atoms with Crippen molar-refractivity contribution in [2.24, 2.45) is 0 Å². The first-order valence-electron chi connectivity index (χ1n) is 6.24. The largest absolute Gasteiger partial charge is 0.348 e. The molecule has 2 heterocycles. The summed E-state index contributed by atoms with van der Waals surface area (Å²) < 4.78 is 1.17. The minimum Gasteiger partial charge on any atom is -0.348 e. The Morgan fingerprint density at radius 1 is 1.37 bits per heavy atom. The number of nitrogens with one attached hydrogen (secondary N) is 1. The first kappa shape index (κ1) is 12.1. The molecule has 3 aromatic rings. The Hall–Kier alpha value is -1.94. The topological polar surface area (TPSA) is 45.8 Å². The second kappa shape index (κ2) is 4.97. The first-order valence-corrected chi connectivity index (χ1v) is 7.06. The van der Waals surface area contributed by atoms with Crippen molar-refractivity contribution in [1.29, 1.82) is 0 Å². The van der Waals surface area contributed by atoms with Gasteiger partial charge in [0.25, 0.3) is 0 Å². The van der Waals surface area contributed by atoms with Crippen molar-refractivity contribution in [3.8, 4) is 0 Å². The van der Waals surface area contributed by atoms with Crippen molar-refractivity contribution in [3.63, 3.8) is 0 Å². The van der Waals surface area contributed by atoms with Gasteiger partial charge in [-0.15, -0.1) is 11.3 Å². The molecule has 96 valence electrons. The van der Waals surface area contributed by atoms with Crippen LogP contribution in [0.3, 0.4) is 0 Å². The third-order valence-corrected chi connectivity index (χ3v) is 4.38. The lowest BCUT2D eigenvalue weighted by atomic mass is 10.1. The van der Waals surface area contributed by atoms with Gasteiger partial charge in [0.1, 0.15) is 0 Å². The number of aryl methyl sites for hydroxylation is 2. The van der Waals surface area contributed by atoms with E-state index in [1.165, 1.54) is 4.70 Å². The van der Waals surface area contributed by atoms with Crippen LogP contribution in [0.2, 0.25) is 0 Å². The number of hydrogen-bond acceptors (Lipinski definition) is 3. The number of aromatic amines is 1. The molecular formula is C15H14N2OS. The van der Waals surface area contributed by atoms with E-state index in [-0.39, 0.29) is 5.78 Å². The fourth-order valence-corrected chi connectivity index (χ4v) is 3.14. The van der Waals surface area contributed by atoms with E-state index in [4.69, 9.17) is 0 Å². The van der Waals surface area contributed by atoms with E-state index in [0.717, 1.165) is 21.7 Å². The van der Waals surface area contributed by atoms with Gasteiger partial charge in [-0.1, -0.05) is 18.2 Å². The minimum atomic E-state index is 0.198. The van der Waals surface area contributed by atoms with Crippen LogP contribution >= 0.6 is 11.3 Å². The number of thiophene rings is 1. The highest BCUT2D eigenvalue weighted by Crippen LogP contribution is 2.26. The maximum absolute atomic E-state index is 12.2. The van der Waals surface area contributed by atoms with Gasteiger partial charge in [-0.2, -0.15) is 0 Å². The summed E-state index contributed by atoms with van der Waals surface area (Å²) in [6.45, 7) is 1.98. The van der Waals surface area contributed by atoms with Crippen LogP contribution in [0, 0.1) is 6.92 Å². The van der Waals surface area contributed by atoms with Crippen molar-refractivity contribution < 1.29 is 4.79 Å². The molecule has 3 nitrogen and oxygen atoms in total. The van der Waals surface area contributed by atoms with Gasteiger partial charge >= 0.3 is 0 Å². The number of rotatable bonds is 4. The molecule has 0 saturated heterocycles. The Bertz CT molecular complexity index is 693. The summed E-state index contributed by atoms with van der Waals surface area (Å²) in [7, 11) is 0. The number of fused-ring (bicyclic) bond motifs is 1. The van der Waals surface area contributed by atoms with Crippen molar-refractivity contribution in [2.45, 2.75) is 19.8 Å². The average Bonchev–Trinajstić information content (AvgIpc) is 3.01. The van der Waals surface area contributed by atoms with Crippen LogP contribution in [-0.2, 0) is 6.42 Å². The predicted octanol–water partition coefficient (Wildman–Crippen LogP) is 3.75. The standard InChI is InChI=1S/C15H14N2OS/c1-10-12(17-9-16-10)6-7-13(18)15-8-11-4-2-3-5-14(11)19-15/h2-5,8-9H,6-7H2,1H3,(H,16,17). The van der Waals surface area contributed by atoms with Crippen molar-refractivity contribution >= 4 is 27.2 Å². The van der Waals surface area contributed by atoms with Gasteiger partial charge in [0.15, 0.2) is 5.78 Å². The smallest absolute Gasteiger partial charge is 0.173 e. The lowest BCUT2D eigenvalue weighted by Gasteiger charge is -1.97. The summed E-state index contributed by atoms with van der Waals surface area (Å²) in [4.78, 5) is 20.3. The Morgan fingerprint density at radius 3 is 2.95 bits per heavy atom. The summed E-state index contributed by atoms with van der Waals surface area (Å²) >= 11 is 1.57. The minimum absolute atomic E-state index is 0.198. The zero-order valence-electron chi connectivity index (χ0n) is 10.6. The Labute approximate surface area is 115 Å². The maximum atomic E-state index is 12.2. The lowest BCUT2D eigenvalue weighted by molar-refractivity contribution is 0.0986. The van der Waals surface area contributed by atoms with Gasteiger partial charge in [-0.05, 0) is 30.9 Å². The molecule has 3 rings (SSSR count). The molecule has 0 amide bonds. The number of nitrogens with zero attached hydrogens (tertiary/aromatic N) is 1. The molecule has 2 aromatic heterocycles. The SMILES string of the molecule is Cc1[nH]cnc1CCC(=O)c1cc2ccccc2s1. The molecule has 19 heavy (non-hydrogen) atoms. The molecule has 0 aliphatic carbocycles. The van der Waals surface area contributed by atoms with E-state index in [1.807, 2.05) is 31.2 Å². The molecule has 0 spiro atoms. The van der Waals surface area contributed by atoms with Gasteiger partial charge in [0.2, 0.25) is 0 Å². The highest BCUT2D eigenvalue weighted by molar-refractivity contribution is 7.20. The number of aromatic nitrogens is 2. The molecule has 1 N–H and O–H groups in total. The first-order chi connectivity index (χ1) is 9.24. The summed E-state index contributed by atoms with van der Waals surface area (Å²) in [6, 6.07) is 10.1. The van der Waals surface area contributed by atoms with Gasteiger partial charge < -0.3 is 4.98 Å². The lowest BCUT2D eigenvalue weighted by Crippen LogP contribution is -1.99. The molecule has 0 bridgehead atoms. The second-order valence-electron chi connectivity index (χ2n) is 4.55. The predicted molar refractivity (Wildman–Crippen MR) is 77.8 cm³/mol. The average molecular weight is 270 g/mol. The molecule has 4 heteroatoms. The summed E-state index contributed by atoms with van der Waals surface area (Å²) in [5.74, 6) is 0.198. The van der Waals surface area contributed by atoms with E-state index in [9.17, 15) is 4.79 Å². The van der Waals surface area contributed by atoms with Crippen LogP contribution in [0.1, 0.15) is 27.5 Å². The quantitative estimate of drug-likeness (QED) is 0.734. The number of Topliss-reactive ketones (excluding diaryl/α,β-unsaturated/α-hetero) is 1. The maximum Gasteiger partial charge on any atom is 0.173 e. The summed E-state index contributed by atoms with van der Waals surface area (Å²) in [5.41, 5.74) is 2.03. The van der Waals surface area contributed by atoms with E-state index < -0.39 is 0 Å². The molecule has 1 aromatic carbocycles. The highest BCUT2D eigenvalue weighted by atomic mass is 32.1. The third-order valence-electron chi connectivity index (χ3n) is 3.22. The van der Waals surface area contributed by atoms with Crippen molar-refractivity contribution in [1.82, 2.24) is 9.97 Å². The van der Waals surface area contributed by atoms with Crippen molar-refractivity contribution in [3.05, 3.63) is 52.9 Å². The Morgan fingerprint density at radius 2 is 2.21 bits per heavy atom. The van der Waals surface area contributed by atoms with E-state index in [2.05, 4.69) is 16.0 Å². The van der Waals surface area contributed by atoms with Gasteiger partial charge in [-0.25, -0.2) is 4.98 Å². The van der Waals surface area contributed by atoms with Crippen LogP contribution in [0.25, 0.3) is 10.1 Å². The van der Waals surface area contributed by atoms with Gasteiger partial charge in [-0.3, -0.25) is 4.79 Å². The number of carbonyl (C=O) groups is 1. The van der Waals surface area contributed by atoms with E-state index >= 15 is 0 Å². The van der Waals surface area contributed by atoms with Crippen LogP contribution in [0.4, 0.5) is 0 Å². The molecule has 0 aliphatic rings. The normalized spacial score (nSPS) is 11.0. The van der Waals surface area contributed by atoms with Crippen LogP contribution in [0.5, 0.6) is 0 Å². The number of ketones is 1. The fourth-order valence-electron chi connectivity index (χ4n) is 2.11. The summed E-state index contributed by atoms with van der Waals surface area (Å²) in [6.07, 6.45) is 2.88. The highest BCUT2D eigenvalue weighted by Gasteiger charge is 2.11. The molecule has 0 radical (unpaired) electrons. The number of carbonyl (C=O) groups excluding carboxylic acids is 1. The molecular weight excluding hydrogens is 256 g/mol. The molecule has 0 unspecified atom stereocenters. The van der Waals surface area contributed by atoms with Crippen LogP contribution in [-0.4, -0.2) is 15.8 Å². The second-order valence-corrected chi connectivity index (χ2v) is 5.63. The van der Waals surface area contributed by atoms with Crippen LogP contribution in [0.15, 0.2) is 36.7 Å². The van der Waals surface area contributed by atoms with Crippen molar-refractivity contribution in [2.75, 3.05) is 0 Å². The molecule has 0 aliphatic heterocycles. The molecule has 0 fully saturated rings. The van der Waals surface area contributed by atoms with Gasteiger partial charge in [0, 0.05) is 16.8 Å². The van der Waals surface area contributed by atoms with E-state index in [1.54, 1.807) is 17.7 Å². The third kappa shape index (κ3) is 2.44. The number of benzene rings is 1. The van der Waals surface area contributed by atoms with Gasteiger partial charge in [0.05, 0.1) is 16.9 Å². The zero-order chi connectivity index (χ0) is 13.2. The van der Waals surface area contributed by atoms with E-state index in [0.29, 0.717) is 12.8 Å². The van der Waals surface area contributed by atoms with Crippen LogP contribution < -0.4 is 0 Å². The number of imidazole rings is 1. The number of hydrogen-bond donors (Lipinski definition) is 1. The molecule has 0 saturated carbocycles. The Kier molecular flexibility index (Phi) is 3.17. The molecule has 0 atom stereocenters. The fraction of sp³-hybridized carbons (Fsp3) is 0.200. The zero-order valence-corrected chi connectivity index (χ0v) is 11.5. The monoisotopic (exact) mass is 270 g/mol.